The Balaban J connectivity index is 1.76. The molecule has 0 aliphatic carbocycles. The number of piperidine rings is 1. The van der Waals surface area contributed by atoms with Crippen LogP contribution in [0.4, 0.5) is 5.13 Å². The monoisotopic (exact) mass is 412 g/mol. The number of nitrogens with zero attached hydrogens (tertiary/aromatic N) is 3. The topological polar surface area (TPSA) is 92.3 Å². The maximum atomic E-state index is 12.8. The number of benzene rings is 1. The number of carbonyl (C=O) groups is 1. The minimum absolute atomic E-state index is 0.145. The van der Waals surface area contributed by atoms with Gasteiger partial charge in [-0.25, -0.2) is 8.42 Å². The SMILES string of the molecule is CCSc1nnc(NC(=O)c2cccc(S(=O)(=O)N3CCCCC3)c2)s1. The van der Waals surface area contributed by atoms with Crippen LogP contribution < -0.4 is 5.32 Å². The van der Waals surface area contributed by atoms with Crippen molar-refractivity contribution in [1.29, 1.82) is 0 Å². The lowest BCUT2D eigenvalue weighted by Crippen LogP contribution is -2.35. The Kier molecular flexibility index (Phi) is 6.28. The third-order valence-corrected chi connectivity index (χ3v) is 7.69. The highest BCUT2D eigenvalue weighted by Crippen LogP contribution is 2.26. The van der Waals surface area contributed by atoms with Crippen molar-refractivity contribution in [2.24, 2.45) is 0 Å². The number of hydrogen-bond acceptors (Lipinski definition) is 7. The standard InChI is InChI=1S/C16H20N4O3S3/c1-2-24-16-19-18-15(25-16)17-14(21)12-7-6-8-13(11-12)26(22,23)20-9-4-3-5-10-20/h6-8,11H,2-5,9-10H2,1H3,(H,17,18,21). The number of anilines is 1. The van der Waals surface area contributed by atoms with Gasteiger partial charge in [0.05, 0.1) is 4.90 Å². The van der Waals surface area contributed by atoms with Crippen LogP contribution in [-0.4, -0.2) is 47.7 Å². The van der Waals surface area contributed by atoms with Gasteiger partial charge in [0, 0.05) is 18.7 Å². The zero-order valence-electron chi connectivity index (χ0n) is 14.3. The molecule has 2 heterocycles. The van der Waals surface area contributed by atoms with E-state index in [1.807, 2.05) is 6.92 Å². The molecule has 0 unspecified atom stereocenters. The van der Waals surface area contributed by atoms with Gasteiger partial charge in [-0.2, -0.15) is 4.31 Å². The van der Waals surface area contributed by atoms with Gasteiger partial charge < -0.3 is 0 Å². The van der Waals surface area contributed by atoms with Crippen LogP contribution in [0.15, 0.2) is 33.5 Å². The van der Waals surface area contributed by atoms with E-state index in [-0.39, 0.29) is 10.5 Å². The number of thioether (sulfide) groups is 1. The van der Waals surface area contributed by atoms with E-state index in [0.29, 0.717) is 18.2 Å². The van der Waals surface area contributed by atoms with Crippen molar-refractivity contribution in [2.45, 2.75) is 35.4 Å². The van der Waals surface area contributed by atoms with Crippen LogP contribution in [0.5, 0.6) is 0 Å². The number of hydrogen-bond donors (Lipinski definition) is 1. The van der Waals surface area contributed by atoms with Crippen LogP contribution in [0.25, 0.3) is 0 Å². The lowest BCUT2D eigenvalue weighted by atomic mass is 10.2. The van der Waals surface area contributed by atoms with Crippen LogP contribution in [0.3, 0.4) is 0 Å². The lowest BCUT2D eigenvalue weighted by Gasteiger charge is -2.26. The molecule has 26 heavy (non-hydrogen) atoms. The van der Waals surface area contributed by atoms with Gasteiger partial charge in [-0.05, 0) is 36.8 Å². The Morgan fingerprint density at radius 1 is 1.27 bits per heavy atom. The normalized spacial score (nSPS) is 15.7. The molecule has 1 N–H and O–H groups in total. The van der Waals surface area contributed by atoms with E-state index in [9.17, 15) is 13.2 Å². The fraction of sp³-hybridized carbons (Fsp3) is 0.438. The van der Waals surface area contributed by atoms with Gasteiger partial charge in [-0.15, -0.1) is 10.2 Å². The van der Waals surface area contributed by atoms with Crippen LogP contribution in [0.1, 0.15) is 36.5 Å². The van der Waals surface area contributed by atoms with Gasteiger partial charge in [0.1, 0.15) is 0 Å². The molecule has 7 nitrogen and oxygen atoms in total. The summed E-state index contributed by atoms with van der Waals surface area (Å²) in [7, 11) is -3.57. The zero-order chi connectivity index (χ0) is 18.6. The maximum absolute atomic E-state index is 12.8. The molecular formula is C16H20N4O3S3. The summed E-state index contributed by atoms with van der Waals surface area (Å²) in [6.07, 6.45) is 2.79. The third-order valence-electron chi connectivity index (χ3n) is 3.94. The van der Waals surface area contributed by atoms with Gasteiger partial charge >= 0.3 is 0 Å². The fourth-order valence-electron chi connectivity index (χ4n) is 2.66. The second-order valence-corrected chi connectivity index (χ2v) is 10.2. The van der Waals surface area contributed by atoms with Crippen LogP contribution in [0.2, 0.25) is 0 Å². The number of sulfonamides is 1. The molecule has 0 saturated carbocycles. The average molecular weight is 413 g/mol. The molecule has 2 aromatic rings. The van der Waals surface area contributed by atoms with Crippen molar-refractivity contribution in [2.75, 3.05) is 24.2 Å². The summed E-state index contributed by atoms with van der Waals surface area (Å²) in [5.41, 5.74) is 0.281. The minimum atomic E-state index is -3.57. The van der Waals surface area contributed by atoms with Crippen LogP contribution >= 0.6 is 23.1 Å². The van der Waals surface area contributed by atoms with Crippen molar-refractivity contribution >= 4 is 44.2 Å². The first-order valence-corrected chi connectivity index (χ1v) is 11.6. The van der Waals surface area contributed by atoms with Gasteiger partial charge in [0.15, 0.2) is 4.34 Å². The van der Waals surface area contributed by atoms with Gasteiger partial charge in [-0.1, -0.05) is 42.5 Å². The first kappa shape index (κ1) is 19.3. The van der Waals surface area contributed by atoms with Gasteiger partial charge in [0.2, 0.25) is 15.2 Å². The average Bonchev–Trinajstić information content (AvgIpc) is 3.10. The third kappa shape index (κ3) is 4.43. The Bertz CT molecular complexity index is 876. The fourth-order valence-corrected chi connectivity index (χ4v) is 5.87. The molecule has 1 saturated heterocycles. The molecule has 0 spiro atoms. The summed E-state index contributed by atoms with van der Waals surface area (Å²) >= 11 is 2.84. The summed E-state index contributed by atoms with van der Waals surface area (Å²) in [4.78, 5) is 12.6. The second kappa shape index (κ2) is 8.47. The highest BCUT2D eigenvalue weighted by atomic mass is 32.2. The number of aromatic nitrogens is 2. The first-order chi connectivity index (χ1) is 12.5. The van der Waals surface area contributed by atoms with E-state index < -0.39 is 15.9 Å². The summed E-state index contributed by atoms with van der Waals surface area (Å²) in [6.45, 7) is 3.07. The predicted molar refractivity (Wildman–Crippen MR) is 103 cm³/mol. The molecule has 1 aromatic heterocycles. The van der Waals surface area contributed by atoms with Crippen molar-refractivity contribution in [1.82, 2.24) is 14.5 Å². The van der Waals surface area contributed by atoms with Crippen LogP contribution in [-0.2, 0) is 10.0 Å². The molecule has 3 rings (SSSR count). The van der Waals surface area contributed by atoms with E-state index in [2.05, 4.69) is 15.5 Å². The number of amides is 1. The van der Waals surface area contributed by atoms with Gasteiger partial charge in [-0.3, -0.25) is 10.1 Å². The van der Waals surface area contributed by atoms with Crippen molar-refractivity contribution in [3.05, 3.63) is 29.8 Å². The summed E-state index contributed by atoms with van der Waals surface area (Å²) in [5, 5.41) is 11.0. The number of carbonyl (C=O) groups excluding carboxylic acids is 1. The maximum Gasteiger partial charge on any atom is 0.257 e. The van der Waals surface area contributed by atoms with E-state index in [1.165, 1.54) is 27.8 Å². The Hall–Kier alpha value is -1.49. The van der Waals surface area contributed by atoms with E-state index in [4.69, 9.17) is 0 Å². The van der Waals surface area contributed by atoms with E-state index in [1.54, 1.807) is 23.9 Å². The molecule has 0 atom stereocenters. The summed E-state index contributed by atoms with van der Waals surface area (Å²) < 4.78 is 27.8. The summed E-state index contributed by atoms with van der Waals surface area (Å²) in [6, 6.07) is 6.13. The molecular weight excluding hydrogens is 392 g/mol. The smallest absolute Gasteiger partial charge is 0.257 e. The quantitative estimate of drug-likeness (QED) is 0.579. The van der Waals surface area contributed by atoms with Crippen LogP contribution in [0, 0.1) is 0 Å². The Morgan fingerprint density at radius 3 is 2.77 bits per heavy atom. The molecule has 1 aliphatic heterocycles. The molecule has 1 amide bonds. The van der Waals surface area contributed by atoms with Crippen molar-refractivity contribution < 1.29 is 13.2 Å². The largest absolute Gasteiger partial charge is 0.296 e. The summed E-state index contributed by atoms with van der Waals surface area (Å²) in [5.74, 6) is 0.476. The molecule has 10 heteroatoms. The van der Waals surface area contributed by atoms with Gasteiger partial charge in [0.25, 0.3) is 5.91 Å². The minimum Gasteiger partial charge on any atom is -0.296 e. The first-order valence-electron chi connectivity index (χ1n) is 8.38. The molecule has 0 bridgehead atoms. The second-order valence-electron chi connectivity index (χ2n) is 5.75. The zero-order valence-corrected chi connectivity index (χ0v) is 16.8. The highest BCUT2D eigenvalue weighted by Gasteiger charge is 2.26. The molecule has 1 fully saturated rings. The van der Waals surface area contributed by atoms with Crippen molar-refractivity contribution in [3.8, 4) is 0 Å². The Morgan fingerprint density at radius 2 is 2.04 bits per heavy atom. The molecule has 1 aromatic carbocycles. The molecule has 0 radical (unpaired) electrons. The predicted octanol–water partition coefficient (Wildman–Crippen LogP) is 3.08. The molecule has 140 valence electrons. The Labute approximate surface area is 161 Å². The highest BCUT2D eigenvalue weighted by molar-refractivity contribution is 8.01. The van der Waals surface area contributed by atoms with E-state index in [0.717, 1.165) is 29.4 Å². The number of nitrogens with one attached hydrogen (secondary N) is 1. The lowest BCUT2D eigenvalue weighted by molar-refractivity contribution is 0.102. The molecule has 1 aliphatic rings. The number of rotatable bonds is 6. The van der Waals surface area contributed by atoms with Crippen molar-refractivity contribution in [3.63, 3.8) is 0 Å². The van der Waals surface area contributed by atoms with E-state index >= 15 is 0 Å².